The van der Waals surface area contributed by atoms with Gasteiger partial charge >= 0.3 is 0 Å². The van der Waals surface area contributed by atoms with Gasteiger partial charge in [0.05, 0.1) is 16.3 Å². The van der Waals surface area contributed by atoms with E-state index in [-0.39, 0.29) is 12.1 Å². The van der Waals surface area contributed by atoms with Gasteiger partial charge in [0.2, 0.25) is 5.95 Å². The highest BCUT2D eigenvalue weighted by atomic mass is 32.2. The van der Waals surface area contributed by atoms with Crippen LogP contribution in [0, 0.1) is 0 Å². The number of rotatable bonds is 7. The summed E-state index contributed by atoms with van der Waals surface area (Å²) in [6.45, 7) is 4.09. The molecule has 1 fully saturated rings. The number of benzene rings is 1. The molecule has 1 atom stereocenters. The minimum Gasteiger partial charge on any atom is -0.324 e. The van der Waals surface area contributed by atoms with Crippen molar-refractivity contribution in [2.75, 3.05) is 30.9 Å². The average Bonchev–Trinajstić information content (AvgIpc) is 3.23. The first-order chi connectivity index (χ1) is 19.8. The van der Waals surface area contributed by atoms with Crippen molar-refractivity contribution in [3.05, 3.63) is 76.7 Å². The average molecular weight is 573 g/mol. The number of hydrogen-bond acceptors (Lipinski definition) is 8. The molecule has 10 nitrogen and oxygen atoms in total. The first-order valence-corrected chi connectivity index (χ1v) is 16.0. The highest BCUT2D eigenvalue weighted by molar-refractivity contribution is 7.93. The lowest BCUT2D eigenvalue weighted by molar-refractivity contribution is 0.268. The summed E-state index contributed by atoms with van der Waals surface area (Å²) in [5.74, 6) is 2.43. The molecular weight excluding hydrogens is 536 g/mol. The molecule has 1 N–H and O–H groups in total. The zero-order chi connectivity index (χ0) is 28.6. The van der Waals surface area contributed by atoms with Gasteiger partial charge in [-0.05, 0) is 81.6 Å². The largest absolute Gasteiger partial charge is 0.324 e. The fraction of sp³-hybridized carbons (Fsp3) is 0.400. The van der Waals surface area contributed by atoms with E-state index in [1.807, 2.05) is 6.07 Å². The van der Waals surface area contributed by atoms with E-state index in [0.717, 1.165) is 44.2 Å². The molecule has 4 heterocycles. The monoisotopic (exact) mass is 572 g/mol. The van der Waals surface area contributed by atoms with Crippen molar-refractivity contribution in [3.8, 4) is 5.82 Å². The third-order valence-corrected chi connectivity index (χ3v) is 10.4. The first kappa shape index (κ1) is 27.3. The van der Waals surface area contributed by atoms with E-state index in [2.05, 4.69) is 58.4 Å². The van der Waals surface area contributed by atoms with Crippen LogP contribution < -0.4 is 10.9 Å². The molecule has 6 rings (SSSR count). The summed E-state index contributed by atoms with van der Waals surface area (Å²) >= 11 is 0. The second kappa shape index (κ2) is 11.2. The van der Waals surface area contributed by atoms with Gasteiger partial charge in [0.15, 0.2) is 17.3 Å². The van der Waals surface area contributed by atoms with Crippen LogP contribution in [0.4, 0.5) is 17.5 Å². The van der Waals surface area contributed by atoms with Crippen molar-refractivity contribution in [3.63, 3.8) is 0 Å². The predicted molar refractivity (Wildman–Crippen MR) is 164 cm³/mol. The Bertz CT molecular complexity index is 1790. The molecule has 4 aromatic rings. The van der Waals surface area contributed by atoms with E-state index in [1.165, 1.54) is 15.8 Å². The SMILES string of the molecule is C=CCn1c(=O)c2cnc(Nc3ccc4c(c3)CCC(N(C)C)C4)nc2n1-c1cccc(N=S2(=O)CCCCC2)n1. The van der Waals surface area contributed by atoms with Gasteiger partial charge in [0, 0.05) is 29.4 Å². The van der Waals surface area contributed by atoms with Gasteiger partial charge in [-0.1, -0.05) is 24.6 Å². The van der Waals surface area contributed by atoms with E-state index in [1.54, 1.807) is 29.1 Å². The maximum absolute atomic E-state index is 13.4. The van der Waals surface area contributed by atoms with Gasteiger partial charge in [-0.2, -0.15) is 9.35 Å². The summed E-state index contributed by atoms with van der Waals surface area (Å²) in [6, 6.07) is 12.3. The van der Waals surface area contributed by atoms with Crippen LogP contribution in [0.3, 0.4) is 0 Å². The van der Waals surface area contributed by atoms with Crippen LogP contribution in [0.1, 0.15) is 36.8 Å². The van der Waals surface area contributed by atoms with Crippen LogP contribution in [0.5, 0.6) is 0 Å². The molecule has 2 aliphatic rings. The van der Waals surface area contributed by atoms with Crippen LogP contribution in [-0.4, -0.2) is 65.1 Å². The van der Waals surface area contributed by atoms with Crippen molar-refractivity contribution >= 4 is 38.2 Å². The Hall–Kier alpha value is -3.83. The Kier molecular flexibility index (Phi) is 7.48. The van der Waals surface area contributed by atoms with Crippen molar-refractivity contribution in [2.45, 2.75) is 51.1 Å². The summed E-state index contributed by atoms with van der Waals surface area (Å²) < 4.78 is 21.0. The highest BCUT2D eigenvalue weighted by Crippen LogP contribution is 2.28. The number of allylic oxidation sites excluding steroid dienone is 1. The standard InChI is InChI=1S/C30H36N8O2S/c1-4-15-37-29(39)25-20-31-30(32-23-13-11-22-19-24(36(2)3)14-12-21(22)18-23)34-28(25)38(37)27-10-8-9-26(33-27)35-41(40)16-6-5-7-17-41/h4,8-11,13,18,20,24H,1,5-7,12,14-17,19H2,2-3H3,(H,31,32,34). The zero-order valence-electron chi connectivity index (χ0n) is 23.6. The summed E-state index contributed by atoms with van der Waals surface area (Å²) in [7, 11) is 1.95. The summed E-state index contributed by atoms with van der Waals surface area (Å²) in [4.78, 5) is 29.6. The van der Waals surface area contributed by atoms with Gasteiger partial charge < -0.3 is 10.2 Å². The molecule has 0 amide bonds. The molecule has 0 radical (unpaired) electrons. The fourth-order valence-electron chi connectivity index (χ4n) is 5.77. The predicted octanol–water partition coefficient (Wildman–Crippen LogP) is 4.61. The maximum atomic E-state index is 13.4. The second-order valence-corrected chi connectivity index (χ2v) is 13.6. The molecule has 214 valence electrons. The maximum Gasteiger partial charge on any atom is 0.278 e. The van der Waals surface area contributed by atoms with E-state index in [0.29, 0.717) is 46.2 Å². The third kappa shape index (κ3) is 5.56. The van der Waals surface area contributed by atoms with E-state index in [4.69, 9.17) is 9.97 Å². The molecule has 0 spiro atoms. The fourth-order valence-corrected chi connectivity index (χ4v) is 7.91. The lowest BCUT2D eigenvalue weighted by atomic mass is 9.87. The van der Waals surface area contributed by atoms with E-state index < -0.39 is 9.73 Å². The number of anilines is 2. The van der Waals surface area contributed by atoms with Gasteiger partial charge in [-0.25, -0.2) is 23.5 Å². The number of nitrogens with one attached hydrogen (secondary N) is 1. The second-order valence-electron chi connectivity index (χ2n) is 11.1. The Labute approximate surface area is 240 Å². The minimum atomic E-state index is -2.32. The summed E-state index contributed by atoms with van der Waals surface area (Å²) in [5.41, 5.74) is 3.80. The number of hydrogen-bond donors (Lipinski definition) is 1. The van der Waals surface area contributed by atoms with Gasteiger partial charge in [0.25, 0.3) is 5.56 Å². The van der Waals surface area contributed by atoms with Gasteiger partial charge in [-0.3, -0.25) is 4.79 Å². The van der Waals surface area contributed by atoms with Gasteiger partial charge in [-0.15, -0.1) is 6.58 Å². The van der Waals surface area contributed by atoms with Crippen LogP contribution in [0.2, 0.25) is 0 Å². The molecule has 0 bridgehead atoms. The quantitative estimate of drug-likeness (QED) is 0.322. The lowest BCUT2D eigenvalue weighted by Gasteiger charge is -2.30. The number of pyridine rings is 1. The van der Waals surface area contributed by atoms with E-state index >= 15 is 0 Å². The molecule has 3 aromatic heterocycles. The normalized spacial score (nSPS) is 18.3. The summed E-state index contributed by atoms with van der Waals surface area (Å²) in [5, 5.41) is 3.71. The van der Waals surface area contributed by atoms with Crippen molar-refractivity contribution in [1.82, 2.24) is 29.2 Å². The first-order valence-electron chi connectivity index (χ1n) is 14.2. The van der Waals surface area contributed by atoms with Crippen LogP contribution in [0.15, 0.2) is 64.4 Å². The third-order valence-electron chi connectivity index (χ3n) is 8.00. The Morgan fingerprint density at radius 2 is 1.98 bits per heavy atom. The Morgan fingerprint density at radius 1 is 1.15 bits per heavy atom. The Morgan fingerprint density at radius 3 is 2.76 bits per heavy atom. The molecular formula is C30H36N8O2S. The molecule has 1 aliphatic heterocycles. The van der Waals surface area contributed by atoms with Crippen LogP contribution >= 0.6 is 0 Å². The minimum absolute atomic E-state index is 0.238. The number of nitrogens with zero attached hydrogens (tertiary/aromatic N) is 7. The number of fused-ring (bicyclic) bond motifs is 2. The molecule has 1 aliphatic carbocycles. The highest BCUT2D eigenvalue weighted by Gasteiger charge is 2.22. The van der Waals surface area contributed by atoms with Crippen molar-refractivity contribution < 1.29 is 4.21 Å². The Balaban J connectivity index is 1.38. The molecule has 1 aromatic carbocycles. The lowest BCUT2D eigenvalue weighted by Crippen LogP contribution is -2.33. The topological polar surface area (TPSA) is 110 Å². The molecule has 1 saturated heterocycles. The smallest absolute Gasteiger partial charge is 0.278 e. The van der Waals surface area contributed by atoms with Crippen LogP contribution in [0.25, 0.3) is 16.9 Å². The molecule has 11 heteroatoms. The zero-order valence-corrected chi connectivity index (χ0v) is 24.4. The van der Waals surface area contributed by atoms with Crippen LogP contribution in [-0.2, 0) is 29.1 Å². The number of aryl methyl sites for hydroxylation is 1. The van der Waals surface area contributed by atoms with Gasteiger partial charge in [0.1, 0.15) is 5.39 Å². The molecule has 0 saturated carbocycles. The molecule has 41 heavy (non-hydrogen) atoms. The molecule has 1 unspecified atom stereocenters. The van der Waals surface area contributed by atoms with E-state index in [9.17, 15) is 9.00 Å². The van der Waals surface area contributed by atoms with Crippen molar-refractivity contribution in [1.29, 1.82) is 0 Å². The summed E-state index contributed by atoms with van der Waals surface area (Å²) in [6.07, 6.45) is 9.32. The number of aromatic nitrogens is 5. The van der Waals surface area contributed by atoms with Crippen molar-refractivity contribution in [2.24, 2.45) is 4.36 Å². The number of likely N-dealkylation sites (N-methyl/N-ethyl adjacent to an activating group) is 1.